The zero-order chi connectivity index (χ0) is 16.8. The molecule has 6 rings (SSSR count). The summed E-state index contributed by atoms with van der Waals surface area (Å²) in [5, 5.41) is 21.1. The minimum Gasteiger partial charge on any atom is -0.504 e. The molecule has 1 aromatic rings. The number of nitrogens with zero attached hydrogens (tertiary/aromatic N) is 1. The number of rotatable bonds is 2. The Morgan fingerprint density at radius 2 is 2.08 bits per heavy atom. The van der Waals surface area contributed by atoms with Crippen molar-refractivity contribution in [2.75, 3.05) is 13.1 Å². The van der Waals surface area contributed by atoms with Crippen LogP contribution in [0.5, 0.6) is 11.5 Å². The van der Waals surface area contributed by atoms with Crippen molar-refractivity contribution in [3.8, 4) is 11.5 Å². The van der Waals surface area contributed by atoms with Gasteiger partial charge in [0.15, 0.2) is 11.5 Å². The van der Waals surface area contributed by atoms with Crippen molar-refractivity contribution in [3.05, 3.63) is 23.3 Å². The largest absolute Gasteiger partial charge is 0.504 e. The molecule has 5 atom stereocenters. The molecule has 3 aliphatic carbocycles. The lowest BCUT2D eigenvalue weighted by Crippen LogP contribution is -2.67. The number of phenolic OH excluding ortho intramolecular Hbond substituents is 1. The van der Waals surface area contributed by atoms with Crippen molar-refractivity contribution < 1.29 is 14.9 Å². The third kappa shape index (κ3) is 1.75. The van der Waals surface area contributed by atoms with Crippen molar-refractivity contribution in [2.45, 2.75) is 68.6 Å². The number of aromatic hydroxyl groups is 1. The van der Waals surface area contributed by atoms with Gasteiger partial charge in [0.05, 0.1) is 6.10 Å². The van der Waals surface area contributed by atoms with Crippen LogP contribution in [0.1, 0.15) is 49.7 Å². The number of phenols is 1. The molecule has 1 saturated heterocycles. The van der Waals surface area contributed by atoms with Crippen LogP contribution in [0.3, 0.4) is 0 Å². The van der Waals surface area contributed by atoms with Gasteiger partial charge in [0.2, 0.25) is 0 Å². The number of hydrogen-bond acceptors (Lipinski definition) is 4. The van der Waals surface area contributed by atoms with E-state index >= 15 is 0 Å². The predicted octanol–water partition coefficient (Wildman–Crippen LogP) is 2.59. The number of aliphatic hydroxyl groups excluding tert-OH is 1. The van der Waals surface area contributed by atoms with Crippen molar-refractivity contribution in [3.63, 3.8) is 0 Å². The molecule has 2 heterocycles. The summed E-state index contributed by atoms with van der Waals surface area (Å²) in [6.07, 6.45) is 7.69. The first-order valence-corrected chi connectivity index (χ1v) is 10.1. The second-order valence-corrected chi connectivity index (χ2v) is 9.09. The molecule has 5 aliphatic rings. The highest BCUT2D eigenvalue weighted by atomic mass is 16.5. The number of benzene rings is 1. The Bertz CT molecular complexity index is 730. The fraction of sp³-hybridized carbons (Fsp3) is 0.714. The first kappa shape index (κ1) is 14.9. The maximum absolute atomic E-state index is 10.7. The molecule has 25 heavy (non-hydrogen) atoms. The van der Waals surface area contributed by atoms with Gasteiger partial charge in [0.1, 0.15) is 6.10 Å². The number of ether oxygens (including phenoxy) is 1. The summed E-state index contributed by atoms with van der Waals surface area (Å²) in [5.74, 6) is 2.39. The molecule has 2 aliphatic heterocycles. The van der Waals surface area contributed by atoms with Crippen LogP contribution in [0, 0.1) is 11.8 Å². The van der Waals surface area contributed by atoms with Crippen LogP contribution in [0.2, 0.25) is 0 Å². The SMILES string of the molecule is Oc1ccc2c3c1OC1[C@@H](O)CC[C@H]4[C@@H](C2)N(CC2CCC2)CC[C@]314. The first-order chi connectivity index (χ1) is 12.2. The summed E-state index contributed by atoms with van der Waals surface area (Å²) in [7, 11) is 0. The van der Waals surface area contributed by atoms with Gasteiger partial charge in [-0.25, -0.2) is 0 Å². The summed E-state index contributed by atoms with van der Waals surface area (Å²) < 4.78 is 6.25. The Kier molecular flexibility index (Phi) is 2.92. The molecule has 0 aromatic heterocycles. The minimum absolute atomic E-state index is 0.0693. The summed E-state index contributed by atoms with van der Waals surface area (Å²) >= 11 is 0. The molecule has 1 spiro atoms. The standard InChI is InChI=1S/C21H27NO3/c23-16-6-4-13-10-15-14-5-7-17(24)20-21(14,18(13)19(16)25-20)8-9-22(15)11-12-2-1-3-12/h4,6,12,14-15,17,20,23-24H,1-3,5,7-11H2/t14-,15+,17-,20?,21-/m0/s1. The summed E-state index contributed by atoms with van der Waals surface area (Å²) in [6, 6.07) is 4.48. The lowest BCUT2D eigenvalue weighted by Gasteiger charge is -2.59. The maximum Gasteiger partial charge on any atom is 0.165 e. The molecule has 0 amide bonds. The van der Waals surface area contributed by atoms with Crippen molar-refractivity contribution in [1.29, 1.82) is 0 Å². The topological polar surface area (TPSA) is 52.9 Å². The summed E-state index contributed by atoms with van der Waals surface area (Å²) in [5.41, 5.74) is 2.53. The monoisotopic (exact) mass is 341 g/mol. The Labute approximate surface area is 148 Å². The fourth-order valence-corrected chi connectivity index (χ4v) is 6.83. The zero-order valence-corrected chi connectivity index (χ0v) is 14.7. The average molecular weight is 341 g/mol. The molecular weight excluding hydrogens is 314 g/mol. The van der Waals surface area contributed by atoms with Gasteiger partial charge < -0.3 is 14.9 Å². The van der Waals surface area contributed by atoms with E-state index in [2.05, 4.69) is 11.0 Å². The van der Waals surface area contributed by atoms with Gasteiger partial charge in [-0.05, 0) is 68.5 Å². The summed E-state index contributed by atoms with van der Waals surface area (Å²) in [4.78, 5) is 2.77. The van der Waals surface area contributed by atoms with Crippen molar-refractivity contribution in [2.24, 2.45) is 11.8 Å². The molecule has 1 aromatic carbocycles. The molecule has 0 radical (unpaired) electrons. The van der Waals surface area contributed by atoms with E-state index < -0.39 is 6.10 Å². The van der Waals surface area contributed by atoms with Crippen LogP contribution >= 0.6 is 0 Å². The van der Waals surface area contributed by atoms with E-state index in [1.165, 1.54) is 36.9 Å². The second-order valence-electron chi connectivity index (χ2n) is 9.09. The van der Waals surface area contributed by atoms with Crippen molar-refractivity contribution in [1.82, 2.24) is 4.90 Å². The Balaban J connectivity index is 1.48. The Morgan fingerprint density at radius 1 is 1.20 bits per heavy atom. The van der Waals surface area contributed by atoms with Gasteiger partial charge in [-0.1, -0.05) is 12.5 Å². The van der Waals surface area contributed by atoms with Gasteiger partial charge >= 0.3 is 0 Å². The van der Waals surface area contributed by atoms with E-state index in [9.17, 15) is 10.2 Å². The molecule has 3 fully saturated rings. The second kappa shape index (κ2) is 4.92. The molecule has 134 valence electrons. The molecule has 1 unspecified atom stereocenters. The third-order valence-corrected chi connectivity index (χ3v) is 8.12. The number of aliphatic hydroxyl groups is 1. The van der Waals surface area contributed by atoms with Crippen LogP contribution in [0.25, 0.3) is 0 Å². The van der Waals surface area contributed by atoms with Crippen molar-refractivity contribution >= 4 is 0 Å². The number of hydrogen-bond donors (Lipinski definition) is 2. The summed E-state index contributed by atoms with van der Waals surface area (Å²) in [6.45, 7) is 2.37. The Morgan fingerprint density at radius 3 is 2.88 bits per heavy atom. The van der Waals surface area contributed by atoms with Gasteiger partial charge in [-0.15, -0.1) is 0 Å². The minimum atomic E-state index is -0.409. The quantitative estimate of drug-likeness (QED) is 0.868. The van der Waals surface area contributed by atoms with Gasteiger partial charge in [0, 0.05) is 23.6 Å². The van der Waals surface area contributed by atoms with Gasteiger partial charge in [-0.3, -0.25) is 4.90 Å². The highest BCUT2D eigenvalue weighted by Gasteiger charge is 2.65. The lowest BCUT2D eigenvalue weighted by molar-refractivity contribution is -0.107. The van der Waals surface area contributed by atoms with Crippen LogP contribution in [0.15, 0.2) is 12.1 Å². The van der Waals surface area contributed by atoms with Crippen LogP contribution < -0.4 is 4.74 Å². The highest BCUT2D eigenvalue weighted by Crippen LogP contribution is 2.63. The average Bonchev–Trinajstić information content (AvgIpc) is 2.92. The van der Waals surface area contributed by atoms with E-state index in [1.54, 1.807) is 6.07 Å². The predicted molar refractivity (Wildman–Crippen MR) is 94.0 cm³/mol. The molecule has 2 N–H and O–H groups in total. The molecule has 4 nitrogen and oxygen atoms in total. The highest BCUT2D eigenvalue weighted by molar-refractivity contribution is 5.60. The lowest BCUT2D eigenvalue weighted by atomic mass is 9.51. The number of likely N-dealkylation sites (tertiary alicyclic amines) is 1. The van der Waals surface area contributed by atoms with E-state index in [1.807, 2.05) is 0 Å². The maximum atomic E-state index is 10.7. The molecule has 2 saturated carbocycles. The first-order valence-electron chi connectivity index (χ1n) is 10.1. The number of piperidine rings is 1. The normalized spacial score (nSPS) is 41.8. The fourth-order valence-electron chi connectivity index (χ4n) is 6.83. The molecule has 4 heteroatoms. The zero-order valence-electron chi connectivity index (χ0n) is 14.7. The van der Waals surface area contributed by atoms with E-state index in [4.69, 9.17) is 4.74 Å². The van der Waals surface area contributed by atoms with Gasteiger partial charge in [-0.2, -0.15) is 0 Å². The third-order valence-electron chi connectivity index (χ3n) is 8.12. The molecule has 2 bridgehead atoms. The van der Waals surface area contributed by atoms with Crippen LogP contribution in [0.4, 0.5) is 0 Å². The van der Waals surface area contributed by atoms with E-state index in [0.717, 1.165) is 38.1 Å². The Hall–Kier alpha value is -1.26. The van der Waals surface area contributed by atoms with E-state index in [0.29, 0.717) is 17.7 Å². The van der Waals surface area contributed by atoms with E-state index in [-0.39, 0.29) is 17.3 Å². The van der Waals surface area contributed by atoms with Crippen LogP contribution in [-0.4, -0.2) is 46.5 Å². The molecular formula is C21H27NO3. The van der Waals surface area contributed by atoms with Gasteiger partial charge in [0.25, 0.3) is 0 Å². The van der Waals surface area contributed by atoms with Crippen LogP contribution in [-0.2, 0) is 11.8 Å². The smallest absolute Gasteiger partial charge is 0.165 e.